The molecule has 8 nitrogen and oxygen atoms in total. The second-order valence-corrected chi connectivity index (χ2v) is 4.98. The number of aliphatic carboxylic acids is 1. The second-order valence-electron chi connectivity index (χ2n) is 4.03. The van der Waals surface area contributed by atoms with Crippen molar-refractivity contribution < 1.29 is 19.5 Å². The number of aromatic nitrogens is 1. The third-order valence-electron chi connectivity index (χ3n) is 2.43. The number of rotatable bonds is 8. The topological polar surface area (TPSA) is 148 Å². The molecular weight excluding hydrogens is 284 g/mol. The molecule has 0 radical (unpaired) electrons. The van der Waals surface area contributed by atoms with E-state index in [-0.39, 0.29) is 18.5 Å². The number of carboxylic acids is 1. The highest BCUT2D eigenvalue weighted by Gasteiger charge is 2.22. The van der Waals surface area contributed by atoms with Gasteiger partial charge < -0.3 is 21.9 Å². The fourth-order valence-electron chi connectivity index (χ4n) is 1.43. The van der Waals surface area contributed by atoms with Gasteiger partial charge in [0.2, 0.25) is 5.91 Å². The monoisotopic (exact) mass is 300 g/mol. The van der Waals surface area contributed by atoms with Crippen LogP contribution in [0, 0.1) is 0 Å². The Kier molecular flexibility index (Phi) is 6.07. The molecule has 0 aliphatic carbocycles. The summed E-state index contributed by atoms with van der Waals surface area (Å²) in [6.07, 6.45) is 0.380. The lowest BCUT2D eigenvalue weighted by Gasteiger charge is -2.12. The molecule has 0 aliphatic rings. The SMILES string of the molecule is NCCc1nc(C(=O)N[C@@H](CCC(N)=O)C(=O)O)cs1. The van der Waals surface area contributed by atoms with Gasteiger partial charge >= 0.3 is 5.97 Å². The standard InChI is InChI=1S/C11H16N4O4S/c12-4-3-9-14-7(5-20-9)10(17)15-6(11(18)19)1-2-8(13)16/h5-6H,1-4,12H2,(H2,13,16)(H,15,17)(H,18,19)/t6-/m0/s1. The third-order valence-corrected chi connectivity index (χ3v) is 3.33. The van der Waals surface area contributed by atoms with Gasteiger partial charge in [-0.25, -0.2) is 9.78 Å². The minimum Gasteiger partial charge on any atom is -0.480 e. The van der Waals surface area contributed by atoms with Crippen LogP contribution < -0.4 is 16.8 Å². The van der Waals surface area contributed by atoms with E-state index in [2.05, 4.69) is 10.3 Å². The maximum Gasteiger partial charge on any atom is 0.326 e. The Hall–Kier alpha value is -2.00. The Morgan fingerprint density at radius 1 is 1.45 bits per heavy atom. The van der Waals surface area contributed by atoms with Crippen molar-refractivity contribution in [3.63, 3.8) is 0 Å². The van der Waals surface area contributed by atoms with Crippen molar-refractivity contribution >= 4 is 29.1 Å². The number of nitrogens with two attached hydrogens (primary N) is 2. The summed E-state index contributed by atoms with van der Waals surface area (Å²) < 4.78 is 0. The molecule has 0 fully saturated rings. The molecule has 1 heterocycles. The van der Waals surface area contributed by atoms with Crippen molar-refractivity contribution in [2.24, 2.45) is 11.5 Å². The van der Waals surface area contributed by atoms with E-state index in [0.717, 1.165) is 0 Å². The average molecular weight is 300 g/mol. The molecule has 2 amide bonds. The summed E-state index contributed by atoms with van der Waals surface area (Å²) in [4.78, 5) is 37.5. The number of nitrogens with one attached hydrogen (secondary N) is 1. The first-order valence-corrected chi connectivity index (χ1v) is 6.78. The molecule has 110 valence electrons. The molecule has 6 N–H and O–H groups in total. The van der Waals surface area contributed by atoms with Gasteiger partial charge in [0.25, 0.3) is 5.91 Å². The lowest BCUT2D eigenvalue weighted by Crippen LogP contribution is -2.41. The number of carbonyl (C=O) groups excluding carboxylic acids is 2. The molecule has 0 saturated carbocycles. The zero-order chi connectivity index (χ0) is 15.1. The Morgan fingerprint density at radius 2 is 2.15 bits per heavy atom. The minimum atomic E-state index is -1.22. The molecule has 0 aliphatic heterocycles. The molecule has 0 aromatic carbocycles. The van der Waals surface area contributed by atoms with E-state index in [4.69, 9.17) is 16.6 Å². The van der Waals surface area contributed by atoms with Crippen molar-refractivity contribution in [3.8, 4) is 0 Å². The molecule has 0 saturated heterocycles. The predicted octanol–water partition coefficient (Wildman–Crippen LogP) is -0.907. The maximum absolute atomic E-state index is 11.8. The number of amides is 2. The van der Waals surface area contributed by atoms with Crippen molar-refractivity contribution in [2.75, 3.05) is 6.54 Å². The van der Waals surface area contributed by atoms with Crippen LogP contribution in [0.4, 0.5) is 0 Å². The highest BCUT2D eigenvalue weighted by molar-refractivity contribution is 7.09. The number of carboxylic acid groups (broad SMARTS) is 1. The zero-order valence-corrected chi connectivity index (χ0v) is 11.5. The van der Waals surface area contributed by atoms with Gasteiger partial charge in [-0.2, -0.15) is 0 Å². The van der Waals surface area contributed by atoms with Gasteiger partial charge in [-0.3, -0.25) is 9.59 Å². The van der Waals surface area contributed by atoms with Crippen LogP contribution in [0.1, 0.15) is 28.3 Å². The summed E-state index contributed by atoms with van der Waals surface area (Å²) >= 11 is 1.28. The number of hydrogen-bond donors (Lipinski definition) is 4. The minimum absolute atomic E-state index is 0.0593. The number of thiazole rings is 1. The first kappa shape index (κ1) is 16.1. The van der Waals surface area contributed by atoms with E-state index in [0.29, 0.717) is 18.0 Å². The predicted molar refractivity (Wildman–Crippen MR) is 72.2 cm³/mol. The van der Waals surface area contributed by atoms with Crippen LogP contribution in [0.2, 0.25) is 0 Å². The molecule has 20 heavy (non-hydrogen) atoms. The van der Waals surface area contributed by atoms with Crippen LogP contribution >= 0.6 is 11.3 Å². The fourth-order valence-corrected chi connectivity index (χ4v) is 2.22. The third kappa shape index (κ3) is 4.94. The summed E-state index contributed by atoms with van der Waals surface area (Å²) in [5, 5.41) is 13.5. The smallest absolute Gasteiger partial charge is 0.326 e. The molecule has 1 aromatic rings. The van der Waals surface area contributed by atoms with Crippen LogP contribution in [0.3, 0.4) is 0 Å². The second kappa shape index (κ2) is 7.56. The van der Waals surface area contributed by atoms with Crippen molar-refractivity contribution in [3.05, 3.63) is 16.1 Å². The lowest BCUT2D eigenvalue weighted by molar-refractivity contribution is -0.139. The van der Waals surface area contributed by atoms with E-state index in [1.807, 2.05) is 0 Å². The van der Waals surface area contributed by atoms with Gasteiger partial charge in [-0.15, -0.1) is 11.3 Å². The van der Waals surface area contributed by atoms with Gasteiger partial charge in [0, 0.05) is 18.2 Å². The Balaban J connectivity index is 2.64. The molecule has 0 bridgehead atoms. The summed E-state index contributed by atoms with van der Waals surface area (Å²) in [6, 6.07) is -1.17. The van der Waals surface area contributed by atoms with Crippen LogP contribution in [0.5, 0.6) is 0 Å². The molecule has 1 aromatic heterocycles. The molecular formula is C11H16N4O4S. The summed E-state index contributed by atoms with van der Waals surface area (Å²) in [6.45, 7) is 0.422. The van der Waals surface area contributed by atoms with Crippen LogP contribution in [0.25, 0.3) is 0 Å². The van der Waals surface area contributed by atoms with Gasteiger partial charge in [0.15, 0.2) is 0 Å². The van der Waals surface area contributed by atoms with E-state index in [1.165, 1.54) is 16.7 Å². The van der Waals surface area contributed by atoms with Crippen molar-refractivity contribution in [1.29, 1.82) is 0 Å². The Morgan fingerprint density at radius 3 is 2.70 bits per heavy atom. The first-order valence-electron chi connectivity index (χ1n) is 5.90. The number of carbonyl (C=O) groups is 3. The Labute approximate surface area is 119 Å². The highest BCUT2D eigenvalue weighted by atomic mass is 32.1. The quantitative estimate of drug-likeness (QED) is 0.488. The molecule has 1 atom stereocenters. The van der Waals surface area contributed by atoms with Crippen molar-refractivity contribution in [2.45, 2.75) is 25.3 Å². The maximum atomic E-state index is 11.8. The fraction of sp³-hybridized carbons (Fsp3) is 0.455. The molecule has 9 heteroatoms. The normalized spacial score (nSPS) is 11.8. The zero-order valence-electron chi connectivity index (χ0n) is 10.7. The number of hydrogen-bond acceptors (Lipinski definition) is 6. The van der Waals surface area contributed by atoms with Gasteiger partial charge in [-0.1, -0.05) is 0 Å². The van der Waals surface area contributed by atoms with Crippen molar-refractivity contribution in [1.82, 2.24) is 10.3 Å². The van der Waals surface area contributed by atoms with Gasteiger partial charge in [0.05, 0.1) is 5.01 Å². The highest BCUT2D eigenvalue weighted by Crippen LogP contribution is 2.10. The molecule has 0 unspecified atom stereocenters. The first-order chi connectivity index (χ1) is 9.43. The largest absolute Gasteiger partial charge is 0.480 e. The van der Waals surface area contributed by atoms with Gasteiger partial charge in [0.1, 0.15) is 11.7 Å². The molecule has 1 rings (SSSR count). The Bertz CT molecular complexity index is 502. The summed E-state index contributed by atoms with van der Waals surface area (Å²) in [5.74, 6) is -2.44. The van der Waals surface area contributed by atoms with Crippen LogP contribution in [-0.2, 0) is 16.0 Å². The van der Waals surface area contributed by atoms with E-state index >= 15 is 0 Å². The lowest BCUT2D eigenvalue weighted by atomic mass is 10.1. The van der Waals surface area contributed by atoms with E-state index in [1.54, 1.807) is 0 Å². The average Bonchev–Trinajstić information content (AvgIpc) is 2.82. The molecule has 0 spiro atoms. The van der Waals surface area contributed by atoms with Crippen LogP contribution in [-0.4, -0.2) is 40.5 Å². The number of nitrogens with zero attached hydrogens (tertiary/aromatic N) is 1. The van der Waals surface area contributed by atoms with Crippen LogP contribution in [0.15, 0.2) is 5.38 Å². The van der Waals surface area contributed by atoms with E-state index < -0.39 is 23.8 Å². The number of primary amides is 1. The summed E-state index contributed by atoms with van der Waals surface area (Å²) in [5.41, 5.74) is 10.5. The van der Waals surface area contributed by atoms with Gasteiger partial charge in [-0.05, 0) is 13.0 Å². The van der Waals surface area contributed by atoms with E-state index in [9.17, 15) is 14.4 Å². The summed E-state index contributed by atoms with van der Waals surface area (Å²) in [7, 11) is 0.